The van der Waals surface area contributed by atoms with Crippen LogP contribution in [0.1, 0.15) is 26.7 Å². The fraction of sp³-hybridized carbons (Fsp3) is 0.391. The van der Waals surface area contributed by atoms with Crippen molar-refractivity contribution in [3.05, 3.63) is 54.2 Å². The number of carbonyl (C=O) groups is 1. The second-order valence-electron chi connectivity index (χ2n) is 7.41. The summed E-state index contributed by atoms with van der Waals surface area (Å²) in [6, 6.07) is 12.4. The number of hydrogen-bond acceptors (Lipinski definition) is 4. The fourth-order valence-electron chi connectivity index (χ4n) is 3.27. The topological polar surface area (TPSA) is 42.4 Å². The molecule has 2 aromatic rings. The van der Waals surface area contributed by atoms with Gasteiger partial charge in [0.25, 0.3) is 0 Å². The summed E-state index contributed by atoms with van der Waals surface area (Å²) < 4.78 is 5.95. The van der Waals surface area contributed by atoms with E-state index in [2.05, 4.69) is 35.5 Å². The summed E-state index contributed by atoms with van der Waals surface area (Å²) in [5.74, 6) is 1.41. The highest BCUT2D eigenvalue weighted by Gasteiger charge is 2.22. The molecule has 1 aliphatic rings. The second kappa shape index (κ2) is 9.78. The Morgan fingerprint density at radius 2 is 1.89 bits per heavy atom. The van der Waals surface area contributed by atoms with Crippen LogP contribution in [0.5, 0.6) is 5.75 Å². The molecule has 0 saturated carbocycles. The molecule has 3 rings (SSSR count). The molecule has 0 spiro atoms. The molecule has 0 radical (unpaired) electrons. The van der Waals surface area contributed by atoms with Gasteiger partial charge in [0.1, 0.15) is 5.75 Å². The summed E-state index contributed by atoms with van der Waals surface area (Å²) >= 11 is 1.73. The van der Waals surface area contributed by atoms with Crippen molar-refractivity contribution in [2.75, 3.05) is 26.0 Å². The number of hydrogen-bond donors (Lipinski definition) is 0. The highest BCUT2D eigenvalue weighted by Crippen LogP contribution is 2.24. The zero-order valence-electron chi connectivity index (χ0n) is 16.9. The number of thioether (sulfide) groups is 1. The van der Waals surface area contributed by atoms with Crippen LogP contribution in [0.2, 0.25) is 0 Å². The van der Waals surface area contributed by atoms with Gasteiger partial charge in [0.15, 0.2) is 0 Å². The van der Waals surface area contributed by atoms with Crippen LogP contribution in [0.4, 0.5) is 0 Å². The molecule has 0 unspecified atom stereocenters. The largest absolute Gasteiger partial charge is 0.492 e. The van der Waals surface area contributed by atoms with Gasteiger partial charge in [0.2, 0.25) is 5.91 Å². The number of nitrogens with zero attached hydrogens (tertiary/aromatic N) is 2. The minimum Gasteiger partial charge on any atom is -0.492 e. The van der Waals surface area contributed by atoms with Crippen molar-refractivity contribution < 1.29 is 9.53 Å². The van der Waals surface area contributed by atoms with E-state index in [1.165, 1.54) is 4.90 Å². The maximum absolute atomic E-state index is 12.1. The molecule has 0 aliphatic carbocycles. The molecule has 2 heterocycles. The van der Waals surface area contributed by atoms with Crippen molar-refractivity contribution in [1.29, 1.82) is 0 Å². The van der Waals surface area contributed by atoms with Gasteiger partial charge in [-0.2, -0.15) is 0 Å². The summed E-state index contributed by atoms with van der Waals surface area (Å²) in [7, 11) is 0. The Kier molecular flexibility index (Phi) is 7.15. The highest BCUT2D eigenvalue weighted by atomic mass is 32.2. The Hall–Kier alpha value is -2.27. The Labute approximate surface area is 172 Å². The second-order valence-corrected chi connectivity index (χ2v) is 8.29. The van der Waals surface area contributed by atoms with Gasteiger partial charge in [-0.1, -0.05) is 17.7 Å². The summed E-state index contributed by atoms with van der Waals surface area (Å²) in [4.78, 5) is 19.8. The monoisotopic (exact) mass is 396 g/mol. The molecule has 0 N–H and O–H groups in total. The van der Waals surface area contributed by atoms with E-state index in [4.69, 9.17) is 4.74 Å². The number of benzene rings is 1. The van der Waals surface area contributed by atoms with E-state index in [0.29, 0.717) is 12.5 Å². The van der Waals surface area contributed by atoms with Gasteiger partial charge < -0.3 is 9.64 Å². The van der Waals surface area contributed by atoms with Gasteiger partial charge in [-0.3, -0.25) is 9.78 Å². The third kappa shape index (κ3) is 5.61. The molecule has 1 aliphatic heterocycles. The molecule has 1 fully saturated rings. The predicted molar refractivity (Wildman–Crippen MR) is 116 cm³/mol. The maximum Gasteiger partial charge on any atom is 0.246 e. The normalized spacial score (nSPS) is 14.6. The molecule has 1 aromatic heterocycles. The zero-order chi connectivity index (χ0) is 19.9. The summed E-state index contributed by atoms with van der Waals surface area (Å²) in [5, 5.41) is 0. The Balaban J connectivity index is 1.48. The Bertz CT molecular complexity index is 804. The molecule has 28 heavy (non-hydrogen) atoms. The molecule has 5 heteroatoms. The van der Waals surface area contributed by atoms with E-state index in [9.17, 15) is 4.79 Å². The molecule has 1 aromatic carbocycles. The molecule has 1 amide bonds. The van der Waals surface area contributed by atoms with Crippen LogP contribution in [0.25, 0.3) is 11.3 Å². The minimum absolute atomic E-state index is 0.129. The number of allylic oxidation sites excluding steroid dienone is 1. The molecule has 4 nitrogen and oxygen atoms in total. The van der Waals surface area contributed by atoms with E-state index < -0.39 is 0 Å². The van der Waals surface area contributed by atoms with Gasteiger partial charge in [0.05, 0.1) is 18.5 Å². The third-order valence-corrected chi connectivity index (χ3v) is 5.69. The molecular formula is C23H28N2O2S. The molecule has 0 atom stereocenters. The van der Waals surface area contributed by atoms with Crippen molar-refractivity contribution >= 4 is 17.7 Å². The van der Waals surface area contributed by atoms with Crippen molar-refractivity contribution in [2.45, 2.75) is 31.6 Å². The van der Waals surface area contributed by atoms with E-state index in [-0.39, 0.29) is 5.91 Å². The van der Waals surface area contributed by atoms with Crippen LogP contribution < -0.4 is 4.74 Å². The summed E-state index contributed by atoms with van der Waals surface area (Å²) in [6.45, 7) is 6.20. The lowest BCUT2D eigenvalue weighted by Crippen LogP contribution is -2.39. The van der Waals surface area contributed by atoms with Crippen LogP contribution in [0.3, 0.4) is 0 Å². The smallest absolute Gasteiger partial charge is 0.246 e. The van der Waals surface area contributed by atoms with Crippen LogP contribution in [0.15, 0.2) is 59.1 Å². The first-order valence-electron chi connectivity index (χ1n) is 9.72. The lowest BCUT2D eigenvalue weighted by atomic mass is 9.97. The van der Waals surface area contributed by atoms with Gasteiger partial charge in [-0.05, 0) is 63.1 Å². The lowest BCUT2D eigenvalue weighted by Gasteiger charge is -2.31. The van der Waals surface area contributed by atoms with Gasteiger partial charge in [0, 0.05) is 29.6 Å². The third-order valence-electron chi connectivity index (χ3n) is 4.95. The standard InChI is InChI=1S/C23H28N2O2S/c1-17(2)14-23(26)25-12-10-18(11-13-25)16-27-20-6-9-22(24-15-20)19-4-7-21(28-3)8-5-19/h4-9,14-15,18H,10-13,16H2,1-3H3. The average molecular weight is 397 g/mol. The highest BCUT2D eigenvalue weighted by molar-refractivity contribution is 7.98. The van der Waals surface area contributed by atoms with Gasteiger partial charge in [-0.25, -0.2) is 0 Å². The van der Waals surface area contributed by atoms with Crippen LogP contribution >= 0.6 is 11.8 Å². The van der Waals surface area contributed by atoms with Crippen molar-refractivity contribution in [3.8, 4) is 17.0 Å². The SMILES string of the molecule is CSc1ccc(-c2ccc(OCC3CCN(C(=O)C=C(C)C)CC3)cn2)cc1. The zero-order valence-corrected chi connectivity index (χ0v) is 17.7. The Morgan fingerprint density at radius 1 is 1.18 bits per heavy atom. The van der Waals surface area contributed by atoms with Gasteiger partial charge >= 0.3 is 0 Å². The number of carbonyl (C=O) groups excluding carboxylic acids is 1. The number of ether oxygens (including phenoxy) is 1. The average Bonchev–Trinajstić information content (AvgIpc) is 2.72. The Morgan fingerprint density at radius 3 is 2.46 bits per heavy atom. The van der Waals surface area contributed by atoms with Crippen molar-refractivity contribution in [1.82, 2.24) is 9.88 Å². The fourth-order valence-corrected chi connectivity index (χ4v) is 3.68. The number of rotatable bonds is 6. The first-order chi connectivity index (χ1) is 13.5. The van der Waals surface area contributed by atoms with Crippen molar-refractivity contribution in [3.63, 3.8) is 0 Å². The van der Waals surface area contributed by atoms with E-state index in [1.54, 1.807) is 24.0 Å². The summed E-state index contributed by atoms with van der Waals surface area (Å²) in [6.07, 6.45) is 7.56. The molecule has 1 saturated heterocycles. The van der Waals surface area contributed by atoms with Gasteiger partial charge in [-0.15, -0.1) is 11.8 Å². The first kappa shape index (κ1) is 20.5. The van der Waals surface area contributed by atoms with Crippen LogP contribution in [-0.2, 0) is 4.79 Å². The minimum atomic E-state index is 0.129. The number of pyridine rings is 1. The van der Waals surface area contributed by atoms with Crippen LogP contribution in [0, 0.1) is 5.92 Å². The maximum atomic E-state index is 12.1. The van der Waals surface area contributed by atoms with E-state index in [1.807, 2.05) is 30.9 Å². The molecule has 148 valence electrons. The van der Waals surface area contributed by atoms with E-state index in [0.717, 1.165) is 48.5 Å². The quantitative estimate of drug-likeness (QED) is 0.506. The number of likely N-dealkylation sites (tertiary alicyclic amines) is 1. The first-order valence-corrected chi connectivity index (χ1v) is 10.9. The predicted octanol–water partition coefficient (Wildman–Crippen LogP) is 5.05. The number of piperidine rings is 1. The molecule has 0 bridgehead atoms. The lowest BCUT2D eigenvalue weighted by molar-refractivity contribution is -0.127. The number of aromatic nitrogens is 1. The molecular weight excluding hydrogens is 368 g/mol. The summed E-state index contributed by atoms with van der Waals surface area (Å²) in [5.41, 5.74) is 3.11. The number of amides is 1. The van der Waals surface area contributed by atoms with Crippen molar-refractivity contribution in [2.24, 2.45) is 5.92 Å². The van der Waals surface area contributed by atoms with Crippen LogP contribution in [-0.4, -0.2) is 41.7 Å². The van der Waals surface area contributed by atoms with E-state index >= 15 is 0 Å².